The van der Waals surface area contributed by atoms with Gasteiger partial charge in [-0.2, -0.15) is 0 Å². The highest BCUT2D eigenvalue weighted by molar-refractivity contribution is 7.20. The van der Waals surface area contributed by atoms with E-state index in [1.807, 2.05) is 6.92 Å². The summed E-state index contributed by atoms with van der Waals surface area (Å²) in [5.41, 5.74) is 0.674. The number of methoxy groups -OCH3 is 1. The van der Waals surface area contributed by atoms with Gasteiger partial charge >= 0.3 is 5.97 Å². The number of hydrogen-bond donors (Lipinski definition) is 1. The minimum atomic E-state index is -0.817. The highest BCUT2D eigenvalue weighted by Crippen LogP contribution is 2.28. The number of ether oxygens (including phenoxy) is 3. The van der Waals surface area contributed by atoms with Crippen LogP contribution in [-0.4, -0.2) is 48.4 Å². The normalized spacial score (nSPS) is 11.9. The van der Waals surface area contributed by atoms with Gasteiger partial charge in [-0.15, -0.1) is 11.3 Å². The first-order chi connectivity index (χ1) is 15.4. The minimum absolute atomic E-state index is 0.115. The monoisotopic (exact) mass is 459 g/mol. The summed E-state index contributed by atoms with van der Waals surface area (Å²) in [5, 5.41) is 3.09. The number of esters is 1. The van der Waals surface area contributed by atoms with Crippen molar-refractivity contribution < 1.29 is 23.8 Å². The van der Waals surface area contributed by atoms with Crippen LogP contribution in [-0.2, 0) is 14.3 Å². The summed E-state index contributed by atoms with van der Waals surface area (Å²) >= 11 is 1.09. The lowest BCUT2D eigenvalue weighted by atomic mass is 10.2. The Morgan fingerprint density at radius 1 is 1.22 bits per heavy atom. The maximum absolute atomic E-state index is 13.1. The zero-order valence-electron chi connectivity index (χ0n) is 18.3. The highest BCUT2D eigenvalue weighted by Gasteiger charge is 2.23. The van der Waals surface area contributed by atoms with Crippen LogP contribution in [0.4, 0.5) is 5.69 Å². The molecule has 0 aliphatic carbocycles. The van der Waals surface area contributed by atoms with Crippen molar-refractivity contribution in [3.8, 4) is 5.75 Å². The fourth-order valence-electron chi connectivity index (χ4n) is 3.07. The van der Waals surface area contributed by atoms with Gasteiger partial charge in [-0.05, 0) is 50.6 Å². The number of carbonyl (C=O) groups is 2. The van der Waals surface area contributed by atoms with E-state index in [0.29, 0.717) is 38.7 Å². The van der Waals surface area contributed by atoms with Gasteiger partial charge in [-0.3, -0.25) is 14.2 Å². The molecule has 0 bridgehead atoms. The van der Waals surface area contributed by atoms with Crippen LogP contribution in [0.25, 0.3) is 10.2 Å². The van der Waals surface area contributed by atoms with Crippen LogP contribution in [0.3, 0.4) is 0 Å². The smallest absolute Gasteiger partial charge is 0.348 e. The van der Waals surface area contributed by atoms with E-state index in [1.54, 1.807) is 38.1 Å². The van der Waals surface area contributed by atoms with E-state index in [1.165, 1.54) is 18.0 Å². The molecule has 0 spiro atoms. The fourth-order valence-corrected chi connectivity index (χ4v) is 4.10. The van der Waals surface area contributed by atoms with Crippen LogP contribution in [0, 0.1) is 6.92 Å². The maximum atomic E-state index is 13.1. The Morgan fingerprint density at radius 2 is 1.94 bits per heavy atom. The van der Waals surface area contributed by atoms with Crippen LogP contribution in [0.2, 0.25) is 0 Å². The SMILES string of the molecule is CCOc1ccc(NC(=O)C(C)n2cnc3sc(C(=O)OCCOC)c(C)c3c2=O)cc1. The summed E-state index contributed by atoms with van der Waals surface area (Å²) in [6.45, 7) is 6.12. The standard InChI is InChI=1S/C22H25N3O6S/c1-5-30-16-8-6-15(7-9-16)24-19(26)14(3)25-12-23-20-17(21(25)27)13(2)18(32-20)22(28)31-11-10-29-4/h6-9,12,14H,5,10-11H2,1-4H3,(H,24,26). The molecule has 3 rings (SSSR count). The Hall–Kier alpha value is -3.24. The molecular formula is C22H25N3O6S. The molecule has 1 atom stereocenters. The van der Waals surface area contributed by atoms with Crippen molar-refractivity contribution in [3.05, 3.63) is 51.4 Å². The number of anilines is 1. The van der Waals surface area contributed by atoms with E-state index in [0.717, 1.165) is 11.3 Å². The number of fused-ring (bicyclic) bond motifs is 1. The van der Waals surface area contributed by atoms with Crippen LogP contribution in [0.15, 0.2) is 35.4 Å². The number of aromatic nitrogens is 2. The van der Waals surface area contributed by atoms with Crippen LogP contribution < -0.4 is 15.6 Å². The van der Waals surface area contributed by atoms with Gasteiger partial charge in [0.05, 0.1) is 24.9 Å². The van der Waals surface area contributed by atoms with E-state index in [9.17, 15) is 14.4 Å². The lowest BCUT2D eigenvalue weighted by molar-refractivity contribution is -0.118. The summed E-state index contributed by atoms with van der Waals surface area (Å²) in [6, 6.07) is 6.15. The number of carbonyl (C=O) groups excluding carboxylic acids is 2. The molecule has 0 fully saturated rings. The predicted molar refractivity (Wildman–Crippen MR) is 122 cm³/mol. The Kier molecular flexibility index (Phi) is 7.60. The van der Waals surface area contributed by atoms with E-state index < -0.39 is 17.6 Å². The first kappa shape index (κ1) is 23.4. The molecular weight excluding hydrogens is 434 g/mol. The Labute approximate surface area is 188 Å². The van der Waals surface area contributed by atoms with E-state index in [2.05, 4.69) is 10.3 Å². The van der Waals surface area contributed by atoms with Gasteiger partial charge in [-0.25, -0.2) is 9.78 Å². The maximum Gasteiger partial charge on any atom is 0.348 e. The summed E-state index contributed by atoms with van der Waals surface area (Å²) in [6.07, 6.45) is 1.32. The Balaban J connectivity index is 1.82. The fraction of sp³-hybridized carbons (Fsp3) is 0.364. The number of benzene rings is 1. The second-order valence-electron chi connectivity index (χ2n) is 6.94. The van der Waals surface area contributed by atoms with E-state index in [4.69, 9.17) is 14.2 Å². The molecule has 1 amide bonds. The average molecular weight is 460 g/mol. The molecule has 2 aromatic heterocycles. The van der Waals surface area contributed by atoms with Crippen molar-refractivity contribution in [1.29, 1.82) is 0 Å². The summed E-state index contributed by atoms with van der Waals surface area (Å²) < 4.78 is 16.7. The van der Waals surface area contributed by atoms with Crippen molar-refractivity contribution >= 4 is 39.1 Å². The molecule has 32 heavy (non-hydrogen) atoms. The van der Waals surface area contributed by atoms with Gasteiger partial charge in [-0.1, -0.05) is 0 Å². The number of aryl methyl sites for hydroxylation is 1. The minimum Gasteiger partial charge on any atom is -0.494 e. The number of hydrogen-bond acceptors (Lipinski definition) is 8. The number of rotatable bonds is 9. The number of nitrogens with zero attached hydrogens (tertiary/aromatic N) is 2. The molecule has 2 heterocycles. The van der Waals surface area contributed by atoms with E-state index in [-0.39, 0.29) is 19.1 Å². The van der Waals surface area contributed by atoms with Crippen LogP contribution >= 0.6 is 11.3 Å². The van der Waals surface area contributed by atoms with Crippen LogP contribution in [0.1, 0.15) is 35.1 Å². The lowest BCUT2D eigenvalue weighted by Crippen LogP contribution is -2.31. The molecule has 170 valence electrons. The Morgan fingerprint density at radius 3 is 2.59 bits per heavy atom. The second-order valence-corrected chi connectivity index (χ2v) is 7.94. The number of amides is 1. The third-order valence-corrected chi connectivity index (χ3v) is 5.99. The van der Waals surface area contributed by atoms with Crippen molar-refractivity contribution in [3.63, 3.8) is 0 Å². The zero-order chi connectivity index (χ0) is 23.3. The number of thiophene rings is 1. The second kappa shape index (κ2) is 10.4. The van der Waals surface area contributed by atoms with Gasteiger partial charge in [0.2, 0.25) is 5.91 Å². The molecule has 0 aliphatic heterocycles. The molecule has 0 saturated heterocycles. The summed E-state index contributed by atoms with van der Waals surface area (Å²) in [5.74, 6) is -0.201. The highest BCUT2D eigenvalue weighted by atomic mass is 32.1. The van der Waals surface area contributed by atoms with Gasteiger partial charge < -0.3 is 19.5 Å². The first-order valence-electron chi connectivity index (χ1n) is 10.1. The molecule has 0 radical (unpaired) electrons. The van der Waals surface area contributed by atoms with Gasteiger partial charge in [0, 0.05) is 12.8 Å². The van der Waals surface area contributed by atoms with Gasteiger partial charge in [0.25, 0.3) is 5.56 Å². The molecule has 9 nitrogen and oxygen atoms in total. The van der Waals surface area contributed by atoms with Crippen molar-refractivity contribution in [2.45, 2.75) is 26.8 Å². The summed E-state index contributed by atoms with van der Waals surface area (Å²) in [4.78, 5) is 43.2. The van der Waals surface area contributed by atoms with Crippen molar-refractivity contribution in [1.82, 2.24) is 9.55 Å². The average Bonchev–Trinajstić information content (AvgIpc) is 3.12. The molecule has 1 unspecified atom stereocenters. The van der Waals surface area contributed by atoms with E-state index >= 15 is 0 Å². The van der Waals surface area contributed by atoms with Gasteiger partial charge in [0.1, 0.15) is 28.1 Å². The molecule has 0 saturated carbocycles. The largest absolute Gasteiger partial charge is 0.494 e. The van der Waals surface area contributed by atoms with Gasteiger partial charge in [0.15, 0.2) is 0 Å². The molecule has 10 heteroatoms. The topological polar surface area (TPSA) is 109 Å². The molecule has 0 aliphatic rings. The molecule has 3 aromatic rings. The van der Waals surface area contributed by atoms with Crippen molar-refractivity contribution in [2.75, 3.05) is 32.2 Å². The first-order valence-corrected chi connectivity index (χ1v) is 10.9. The zero-order valence-corrected chi connectivity index (χ0v) is 19.2. The van der Waals surface area contributed by atoms with Crippen LogP contribution in [0.5, 0.6) is 5.75 Å². The lowest BCUT2D eigenvalue weighted by Gasteiger charge is -2.15. The third-order valence-electron chi connectivity index (χ3n) is 4.81. The summed E-state index contributed by atoms with van der Waals surface area (Å²) in [7, 11) is 1.51. The quantitative estimate of drug-likeness (QED) is 0.387. The molecule has 1 N–H and O–H groups in total. The molecule has 1 aromatic carbocycles. The Bertz CT molecular complexity index is 1170. The van der Waals surface area contributed by atoms with Crippen molar-refractivity contribution in [2.24, 2.45) is 0 Å². The third kappa shape index (κ3) is 4.97. The number of nitrogens with one attached hydrogen (secondary N) is 1. The predicted octanol–water partition coefficient (Wildman–Crippen LogP) is 3.17.